The number of hydrogen-bond acceptors (Lipinski definition) is 4. The molecule has 6 nitrogen and oxygen atoms in total. The smallest absolute Gasteiger partial charge is 0.251 e. The maximum absolute atomic E-state index is 11.9. The molecular weight excluding hydrogens is 236 g/mol. The first-order chi connectivity index (χ1) is 8.56. The average Bonchev–Trinajstić information content (AvgIpc) is 2.31. The van der Waals surface area contributed by atoms with E-state index in [1.54, 1.807) is 0 Å². The second-order valence-corrected chi connectivity index (χ2v) is 4.55. The van der Waals surface area contributed by atoms with Gasteiger partial charge in [-0.15, -0.1) is 0 Å². The van der Waals surface area contributed by atoms with Crippen LogP contribution in [0.25, 0.3) is 0 Å². The van der Waals surface area contributed by atoms with Crippen LogP contribution in [0.3, 0.4) is 0 Å². The maximum atomic E-state index is 11.9. The molecule has 98 valence electrons. The van der Waals surface area contributed by atoms with Gasteiger partial charge < -0.3 is 15.5 Å². The first-order valence-corrected chi connectivity index (χ1v) is 5.98. The Balaban J connectivity index is 2.09. The van der Waals surface area contributed by atoms with E-state index in [-0.39, 0.29) is 17.5 Å². The molecule has 1 aliphatic rings. The van der Waals surface area contributed by atoms with Crippen LogP contribution in [0.15, 0.2) is 16.9 Å². The number of amides is 1. The Labute approximate surface area is 104 Å². The predicted molar refractivity (Wildman–Crippen MR) is 64.5 cm³/mol. The molecule has 18 heavy (non-hydrogen) atoms. The number of aromatic amines is 1. The predicted octanol–water partition coefficient (Wildman–Crippen LogP) is 0.114. The zero-order valence-corrected chi connectivity index (χ0v) is 9.85. The molecule has 1 fully saturated rings. The third-order valence-corrected chi connectivity index (χ3v) is 3.14. The summed E-state index contributed by atoms with van der Waals surface area (Å²) in [5.74, 6) is -0.806. The van der Waals surface area contributed by atoms with Gasteiger partial charge in [0.1, 0.15) is 0 Å². The van der Waals surface area contributed by atoms with Gasteiger partial charge in [-0.05, 0) is 12.8 Å². The summed E-state index contributed by atoms with van der Waals surface area (Å²) >= 11 is 0. The highest BCUT2D eigenvalue weighted by atomic mass is 16.3. The van der Waals surface area contributed by atoms with Crippen molar-refractivity contribution >= 4 is 5.91 Å². The molecule has 0 saturated heterocycles. The van der Waals surface area contributed by atoms with Crippen LogP contribution in [0.4, 0.5) is 0 Å². The Bertz CT molecular complexity index is 497. The van der Waals surface area contributed by atoms with Crippen LogP contribution in [-0.2, 0) is 0 Å². The Kier molecular flexibility index (Phi) is 3.66. The van der Waals surface area contributed by atoms with Crippen LogP contribution >= 0.6 is 0 Å². The lowest BCUT2D eigenvalue weighted by molar-refractivity contribution is 0.0717. The monoisotopic (exact) mass is 252 g/mol. The van der Waals surface area contributed by atoms with Gasteiger partial charge in [-0.25, -0.2) is 0 Å². The fraction of sp³-hybridized carbons (Fsp3) is 0.500. The first kappa shape index (κ1) is 12.6. The van der Waals surface area contributed by atoms with Gasteiger partial charge in [-0.2, -0.15) is 0 Å². The highest BCUT2D eigenvalue weighted by molar-refractivity contribution is 5.94. The lowest BCUT2D eigenvalue weighted by Gasteiger charge is -2.28. The van der Waals surface area contributed by atoms with Gasteiger partial charge in [-0.1, -0.05) is 12.8 Å². The van der Waals surface area contributed by atoms with Crippen LogP contribution in [0.1, 0.15) is 36.0 Å². The molecule has 0 spiro atoms. The van der Waals surface area contributed by atoms with Crippen molar-refractivity contribution in [3.8, 4) is 5.88 Å². The Hall–Kier alpha value is -1.82. The molecule has 2 rings (SSSR count). The third-order valence-electron chi connectivity index (χ3n) is 3.14. The number of aliphatic hydroxyl groups is 1. The molecule has 6 heteroatoms. The van der Waals surface area contributed by atoms with E-state index in [9.17, 15) is 19.8 Å². The number of carbonyl (C=O) groups is 1. The van der Waals surface area contributed by atoms with Crippen molar-refractivity contribution in [2.24, 2.45) is 0 Å². The summed E-state index contributed by atoms with van der Waals surface area (Å²) in [6.07, 6.45) is 2.77. The summed E-state index contributed by atoms with van der Waals surface area (Å²) in [4.78, 5) is 25.2. The normalized spacial score (nSPS) is 23.6. The fourth-order valence-electron chi connectivity index (χ4n) is 2.19. The summed E-state index contributed by atoms with van der Waals surface area (Å²) in [5, 5.41) is 21.6. The Morgan fingerprint density at radius 1 is 1.33 bits per heavy atom. The van der Waals surface area contributed by atoms with Gasteiger partial charge in [0.05, 0.1) is 17.7 Å². The molecule has 0 aromatic carbocycles. The number of rotatable bonds is 2. The van der Waals surface area contributed by atoms with Gasteiger partial charge in [0.15, 0.2) is 5.88 Å². The third kappa shape index (κ3) is 2.89. The molecule has 2 atom stereocenters. The zero-order chi connectivity index (χ0) is 13.1. The number of aromatic hydroxyl groups is 1. The standard InChI is InChI=1S/C12H16N2O4/c15-9-4-2-1-3-8(9)13-12(18)7-5-10(16)14-11(17)6-7/h5-6,8-9,15H,1-4H2,(H,13,18)(H2,14,16,17)/t8-,9-/m0/s1. The van der Waals surface area contributed by atoms with Crippen molar-refractivity contribution in [1.82, 2.24) is 10.3 Å². The van der Waals surface area contributed by atoms with Gasteiger partial charge in [-0.3, -0.25) is 14.6 Å². The minimum Gasteiger partial charge on any atom is -0.494 e. The second kappa shape index (κ2) is 5.22. The highest BCUT2D eigenvalue weighted by Gasteiger charge is 2.25. The molecule has 1 amide bonds. The summed E-state index contributed by atoms with van der Waals surface area (Å²) < 4.78 is 0. The molecule has 1 saturated carbocycles. The van der Waals surface area contributed by atoms with Crippen LogP contribution in [-0.4, -0.2) is 33.3 Å². The molecular formula is C12H16N2O4. The van der Waals surface area contributed by atoms with Gasteiger partial charge in [0.2, 0.25) is 0 Å². The number of carbonyl (C=O) groups excluding carboxylic acids is 1. The molecule has 1 heterocycles. The number of aromatic nitrogens is 1. The van der Waals surface area contributed by atoms with Crippen LogP contribution < -0.4 is 10.9 Å². The second-order valence-electron chi connectivity index (χ2n) is 4.55. The van der Waals surface area contributed by atoms with Crippen molar-refractivity contribution in [3.05, 3.63) is 28.0 Å². The number of aliphatic hydroxyl groups excluding tert-OH is 1. The maximum Gasteiger partial charge on any atom is 0.251 e. The molecule has 0 radical (unpaired) electrons. The van der Waals surface area contributed by atoms with Crippen molar-refractivity contribution in [3.63, 3.8) is 0 Å². The first-order valence-electron chi connectivity index (χ1n) is 5.98. The van der Waals surface area contributed by atoms with E-state index in [0.29, 0.717) is 6.42 Å². The molecule has 1 aliphatic carbocycles. The molecule has 0 aliphatic heterocycles. The van der Waals surface area contributed by atoms with Crippen molar-refractivity contribution in [1.29, 1.82) is 0 Å². The number of nitrogens with one attached hydrogen (secondary N) is 2. The van der Waals surface area contributed by atoms with E-state index < -0.39 is 17.6 Å². The highest BCUT2D eigenvalue weighted by Crippen LogP contribution is 2.18. The molecule has 0 bridgehead atoms. The summed E-state index contributed by atoms with van der Waals surface area (Å²) in [7, 11) is 0. The van der Waals surface area contributed by atoms with Crippen molar-refractivity contribution in [2.45, 2.75) is 37.8 Å². The van der Waals surface area contributed by atoms with Crippen LogP contribution in [0.5, 0.6) is 5.88 Å². The topological polar surface area (TPSA) is 102 Å². The minimum absolute atomic E-state index is 0.0917. The SMILES string of the molecule is O=C(N[C@H]1CCCC[C@@H]1O)c1cc(O)[nH]c(=O)c1. The molecule has 0 unspecified atom stereocenters. The van der Waals surface area contributed by atoms with E-state index in [2.05, 4.69) is 10.3 Å². The van der Waals surface area contributed by atoms with Crippen molar-refractivity contribution in [2.75, 3.05) is 0 Å². The average molecular weight is 252 g/mol. The Morgan fingerprint density at radius 3 is 2.72 bits per heavy atom. The fourth-order valence-corrected chi connectivity index (χ4v) is 2.19. The van der Waals surface area contributed by atoms with E-state index >= 15 is 0 Å². The number of hydrogen-bond donors (Lipinski definition) is 4. The molecule has 4 N–H and O–H groups in total. The molecule has 1 aromatic rings. The van der Waals surface area contributed by atoms with Gasteiger partial charge in [0, 0.05) is 12.1 Å². The number of H-pyrrole nitrogens is 1. The van der Waals surface area contributed by atoms with E-state index in [0.717, 1.165) is 25.3 Å². The van der Waals surface area contributed by atoms with E-state index in [4.69, 9.17) is 0 Å². The lowest BCUT2D eigenvalue weighted by atomic mass is 9.92. The Morgan fingerprint density at radius 2 is 2.06 bits per heavy atom. The zero-order valence-electron chi connectivity index (χ0n) is 9.85. The van der Waals surface area contributed by atoms with Crippen LogP contribution in [0, 0.1) is 0 Å². The van der Waals surface area contributed by atoms with Crippen molar-refractivity contribution < 1.29 is 15.0 Å². The van der Waals surface area contributed by atoms with Gasteiger partial charge >= 0.3 is 0 Å². The number of pyridine rings is 1. The summed E-state index contributed by atoms with van der Waals surface area (Å²) in [6, 6.07) is 2.02. The molecule has 1 aromatic heterocycles. The quantitative estimate of drug-likeness (QED) is 0.600. The van der Waals surface area contributed by atoms with Crippen LogP contribution in [0.2, 0.25) is 0 Å². The summed E-state index contributed by atoms with van der Waals surface area (Å²) in [5.41, 5.74) is -0.446. The van der Waals surface area contributed by atoms with E-state index in [1.165, 1.54) is 6.07 Å². The lowest BCUT2D eigenvalue weighted by Crippen LogP contribution is -2.45. The minimum atomic E-state index is -0.543. The summed E-state index contributed by atoms with van der Waals surface area (Å²) in [6.45, 7) is 0. The van der Waals surface area contributed by atoms with E-state index in [1.807, 2.05) is 0 Å². The van der Waals surface area contributed by atoms with Gasteiger partial charge in [0.25, 0.3) is 11.5 Å². The largest absolute Gasteiger partial charge is 0.494 e.